The number of para-hydroxylation sites is 1. The number of fused-ring (bicyclic) bond motifs is 3. The Morgan fingerprint density at radius 3 is 2.40 bits per heavy atom. The second kappa shape index (κ2) is 4.27. The van der Waals surface area contributed by atoms with Gasteiger partial charge in [0.1, 0.15) is 0 Å². The van der Waals surface area contributed by atoms with Crippen molar-refractivity contribution in [2.24, 2.45) is 0 Å². The molecule has 20 heavy (non-hydrogen) atoms. The highest BCUT2D eigenvalue weighted by atomic mass is 19.4. The summed E-state index contributed by atoms with van der Waals surface area (Å²) < 4.78 is 38.3. The Balaban J connectivity index is 2.33. The zero-order valence-electron chi connectivity index (χ0n) is 11.2. The van der Waals surface area contributed by atoms with Gasteiger partial charge in [-0.05, 0) is 23.6 Å². The van der Waals surface area contributed by atoms with Gasteiger partial charge >= 0.3 is 6.18 Å². The summed E-state index contributed by atoms with van der Waals surface area (Å²) in [6, 6.07) is 9.75. The quantitative estimate of drug-likeness (QED) is 0.607. The van der Waals surface area contributed by atoms with E-state index < -0.39 is 11.7 Å². The molecule has 0 bridgehead atoms. The first-order valence-electron chi connectivity index (χ1n) is 6.49. The van der Waals surface area contributed by atoms with Crippen LogP contribution in [0.25, 0.3) is 21.8 Å². The van der Waals surface area contributed by atoms with Crippen LogP contribution in [0.5, 0.6) is 0 Å². The molecule has 0 fully saturated rings. The molecule has 1 aromatic heterocycles. The van der Waals surface area contributed by atoms with Gasteiger partial charge in [0.25, 0.3) is 0 Å². The summed E-state index contributed by atoms with van der Waals surface area (Å²) in [7, 11) is 0. The molecular weight excluding hydrogens is 263 g/mol. The topological polar surface area (TPSA) is 15.8 Å². The summed E-state index contributed by atoms with van der Waals surface area (Å²) in [6.07, 6.45) is -4.31. The summed E-state index contributed by atoms with van der Waals surface area (Å²) >= 11 is 0. The zero-order chi connectivity index (χ0) is 14.5. The van der Waals surface area contributed by atoms with Crippen LogP contribution in [-0.4, -0.2) is 4.98 Å². The van der Waals surface area contributed by atoms with E-state index in [1.54, 1.807) is 6.07 Å². The minimum Gasteiger partial charge on any atom is -0.354 e. The third kappa shape index (κ3) is 1.96. The van der Waals surface area contributed by atoms with Crippen molar-refractivity contribution in [2.45, 2.75) is 25.9 Å². The summed E-state index contributed by atoms with van der Waals surface area (Å²) in [5, 5.41) is 1.80. The smallest absolute Gasteiger partial charge is 0.354 e. The van der Waals surface area contributed by atoms with Gasteiger partial charge in [0.15, 0.2) is 0 Å². The van der Waals surface area contributed by atoms with Crippen molar-refractivity contribution in [2.75, 3.05) is 0 Å². The number of hydrogen-bond acceptors (Lipinski definition) is 0. The number of rotatable bonds is 1. The van der Waals surface area contributed by atoms with Crippen LogP contribution in [-0.2, 0) is 6.18 Å². The molecule has 3 rings (SSSR count). The van der Waals surface area contributed by atoms with Crippen molar-refractivity contribution in [3.63, 3.8) is 0 Å². The summed E-state index contributed by atoms with van der Waals surface area (Å²) in [5.41, 5.74) is 1.95. The van der Waals surface area contributed by atoms with Crippen LogP contribution in [0.4, 0.5) is 13.2 Å². The van der Waals surface area contributed by atoms with Crippen molar-refractivity contribution in [1.29, 1.82) is 0 Å². The molecule has 4 heteroatoms. The summed E-state index contributed by atoms with van der Waals surface area (Å²) in [5.74, 6) is 0.314. The molecule has 0 aliphatic carbocycles. The van der Waals surface area contributed by atoms with Crippen LogP contribution in [0.3, 0.4) is 0 Å². The fraction of sp³-hybridized carbons (Fsp3) is 0.250. The van der Waals surface area contributed by atoms with E-state index in [1.807, 2.05) is 18.2 Å². The van der Waals surface area contributed by atoms with Crippen molar-refractivity contribution in [3.8, 4) is 0 Å². The summed E-state index contributed by atoms with van der Waals surface area (Å²) in [6.45, 7) is 4.14. The molecule has 0 radical (unpaired) electrons. The van der Waals surface area contributed by atoms with Gasteiger partial charge in [0.05, 0.1) is 5.56 Å². The molecule has 0 spiro atoms. The number of aromatic nitrogens is 1. The van der Waals surface area contributed by atoms with Crippen LogP contribution < -0.4 is 0 Å². The molecule has 0 aliphatic rings. The highest BCUT2D eigenvalue weighted by molar-refractivity contribution is 6.08. The zero-order valence-corrected chi connectivity index (χ0v) is 11.2. The Hall–Kier alpha value is -1.97. The number of benzene rings is 2. The number of aromatic amines is 1. The first-order chi connectivity index (χ1) is 9.38. The average molecular weight is 277 g/mol. The van der Waals surface area contributed by atoms with Crippen LogP contribution >= 0.6 is 0 Å². The Morgan fingerprint density at radius 2 is 1.75 bits per heavy atom. The predicted molar refractivity (Wildman–Crippen MR) is 74.9 cm³/mol. The van der Waals surface area contributed by atoms with E-state index in [0.29, 0.717) is 11.4 Å². The molecule has 0 atom stereocenters. The first-order valence-corrected chi connectivity index (χ1v) is 6.49. The maximum absolute atomic E-state index is 12.8. The number of H-pyrrole nitrogens is 1. The number of hydrogen-bond donors (Lipinski definition) is 1. The molecule has 104 valence electrons. The lowest BCUT2D eigenvalue weighted by Crippen LogP contribution is -2.03. The molecule has 2 aromatic carbocycles. The van der Waals surface area contributed by atoms with Crippen molar-refractivity contribution in [3.05, 3.63) is 47.5 Å². The predicted octanol–water partition coefficient (Wildman–Crippen LogP) is 5.46. The first kappa shape index (κ1) is 13.0. The van der Waals surface area contributed by atoms with Gasteiger partial charge < -0.3 is 4.98 Å². The number of halogens is 3. The molecule has 0 aliphatic heterocycles. The Labute approximate surface area is 114 Å². The van der Waals surface area contributed by atoms with E-state index >= 15 is 0 Å². The Morgan fingerprint density at radius 1 is 1.00 bits per heavy atom. The molecule has 0 unspecified atom stereocenters. The van der Waals surface area contributed by atoms with E-state index in [2.05, 4.69) is 18.8 Å². The van der Waals surface area contributed by atoms with Crippen LogP contribution in [0, 0.1) is 0 Å². The lowest BCUT2D eigenvalue weighted by atomic mass is 10.00. The Bertz CT molecular complexity index is 781. The Kier molecular flexibility index (Phi) is 2.78. The monoisotopic (exact) mass is 277 g/mol. The van der Waals surface area contributed by atoms with E-state index in [1.165, 1.54) is 6.07 Å². The van der Waals surface area contributed by atoms with Crippen molar-refractivity contribution < 1.29 is 13.2 Å². The third-order valence-corrected chi connectivity index (χ3v) is 3.62. The van der Waals surface area contributed by atoms with Crippen LogP contribution in [0.1, 0.15) is 30.9 Å². The van der Waals surface area contributed by atoms with Crippen molar-refractivity contribution >= 4 is 21.8 Å². The van der Waals surface area contributed by atoms with E-state index in [0.717, 1.165) is 27.9 Å². The normalized spacial score (nSPS) is 12.7. The minimum atomic E-state index is -4.31. The third-order valence-electron chi connectivity index (χ3n) is 3.62. The second-order valence-corrected chi connectivity index (χ2v) is 5.31. The van der Waals surface area contributed by atoms with E-state index in [9.17, 15) is 13.2 Å². The standard InChI is InChI=1S/C16H14F3N/c1-9(2)11-4-3-5-13-12-7-6-10(16(17,18)19)8-14(12)20-15(11)13/h3-9,20H,1-2H3. The highest BCUT2D eigenvalue weighted by Crippen LogP contribution is 2.35. The maximum Gasteiger partial charge on any atom is 0.416 e. The lowest BCUT2D eigenvalue weighted by molar-refractivity contribution is -0.137. The van der Waals surface area contributed by atoms with Gasteiger partial charge in [-0.2, -0.15) is 13.2 Å². The van der Waals surface area contributed by atoms with Gasteiger partial charge in [-0.25, -0.2) is 0 Å². The highest BCUT2D eigenvalue weighted by Gasteiger charge is 2.30. The van der Waals surface area contributed by atoms with Gasteiger partial charge in [0.2, 0.25) is 0 Å². The fourth-order valence-corrected chi connectivity index (χ4v) is 2.61. The van der Waals surface area contributed by atoms with E-state index in [4.69, 9.17) is 0 Å². The minimum absolute atomic E-state index is 0.314. The maximum atomic E-state index is 12.8. The fourth-order valence-electron chi connectivity index (χ4n) is 2.61. The van der Waals surface area contributed by atoms with E-state index in [-0.39, 0.29) is 0 Å². The average Bonchev–Trinajstić information content (AvgIpc) is 2.74. The van der Waals surface area contributed by atoms with Crippen molar-refractivity contribution in [1.82, 2.24) is 4.98 Å². The molecule has 1 nitrogen and oxygen atoms in total. The largest absolute Gasteiger partial charge is 0.416 e. The number of alkyl halides is 3. The molecular formula is C16H14F3N. The number of nitrogens with one attached hydrogen (secondary N) is 1. The molecule has 0 saturated carbocycles. The van der Waals surface area contributed by atoms with Gasteiger partial charge in [-0.3, -0.25) is 0 Å². The summed E-state index contributed by atoms with van der Waals surface area (Å²) in [4.78, 5) is 3.14. The molecule has 0 amide bonds. The SMILES string of the molecule is CC(C)c1cccc2c1[nH]c1cc(C(F)(F)F)ccc12. The molecule has 0 saturated heterocycles. The van der Waals surface area contributed by atoms with Gasteiger partial charge in [0, 0.05) is 21.8 Å². The second-order valence-electron chi connectivity index (χ2n) is 5.31. The molecule has 1 heterocycles. The molecule has 1 N–H and O–H groups in total. The van der Waals surface area contributed by atoms with Gasteiger partial charge in [-0.15, -0.1) is 0 Å². The van der Waals surface area contributed by atoms with Gasteiger partial charge in [-0.1, -0.05) is 38.1 Å². The molecule has 3 aromatic rings. The lowest BCUT2D eigenvalue weighted by Gasteiger charge is -2.06. The van der Waals surface area contributed by atoms with Crippen LogP contribution in [0.15, 0.2) is 36.4 Å². The van der Waals surface area contributed by atoms with Crippen LogP contribution in [0.2, 0.25) is 0 Å².